The quantitative estimate of drug-likeness (QED) is 0.876. The van der Waals surface area contributed by atoms with Crippen molar-refractivity contribution < 1.29 is 13.6 Å². The Kier molecular flexibility index (Phi) is 5.83. The molecule has 102 valence electrons. The highest BCUT2D eigenvalue weighted by molar-refractivity contribution is 7.99. The first-order valence-corrected chi connectivity index (χ1v) is 6.23. The molecule has 1 unspecified atom stereocenters. The van der Waals surface area contributed by atoms with Crippen LogP contribution in [0.1, 0.15) is 0 Å². The third-order valence-corrected chi connectivity index (χ3v) is 3.20. The SMILES string of the molecule is Cl.O=C(Nc1cnn(CC(F)F)c1)C1CSCN1. The average Bonchev–Trinajstić information content (AvgIpc) is 2.87. The average molecular weight is 299 g/mol. The van der Waals surface area contributed by atoms with E-state index in [1.807, 2.05) is 0 Å². The highest BCUT2D eigenvalue weighted by atomic mass is 35.5. The van der Waals surface area contributed by atoms with E-state index in [0.29, 0.717) is 5.69 Å². The van der Waals surface area contributed by atoms with Crippen LogP contribution in [0.25, 0.3) is 0 Å². The molecule has 0 aromatic carbocycles. The van der Waals surface area contributed by atoms with Crippen molar-refractivity contribution in [2.45, 2.75) is 19.0 Å². The Labute approximate surface area is 113 Å². The van der Waals surface area contributed by atoms with Crippen LogP contribution in [0.3, 0.4) is 0 Å². The molecule has 18 heavy (non-hydrogen) atoms. The minimum Gasteiger partial charge on any atom is -0.322 e. The minimum atomic E-state index is -2.45. The van der Waals surface area contributed by atoms with Crippen molar-refractivity contribution in [1.82, 2.24) is 15.1 Å². The second-order valence-corrected chi connectivity index (χ2v) is 4.63. The second kappa shape index (κ2) is 6.91. The van der Waals surface area contributed by atoms with Gasteiger partial charge in [-0.05, 0) is 0 Å². The Balaban J connectivity index is 0.00000162. The Morgan fingerprint density at radius 3 is 3.11 bits per heavy atom. The van der Waals surface area contributed by atoms with E-state index in [4.69, 9.17) is 0 Å². The van der Waals surface area contributed by atoms with Crippen LogP contribution >= 0.6 is 24.2 Å². The first-order chi connectivity index (χ1) is 8.15. The van der Waals surface area contributed by atoms with Gasteiger partial charge in [-0.3, -0.25) is 14.8 Å². The van der Waals surface area contributed by atoms with Crippen LogP contribution in [0.15, 0.2) is 12.4 Å². The maximum absolute atomic E-state index is 12.1. The number of nitrogens with one attached hydrogen (secondary N) is 2. The Hall–Kier alpha value is -0.860. The van der Waals surface area contributed by atoms with Crippen LogP contribution < -0.4 is 10.6 Å². The van der Waals surface area contributed by atoms with Crippen LogP contribution in [0.4, 0.5) is 14.5 Å². The molecule has 1 aliphatic rings. The number of anilines is 1. The van der Waals surface area contributed by atoms with Crippen LogP contribution in [0, 0.1) is 0 Å². The zero-order valence-corrected chi connectivity index (χ0v) is 10.9. The number of alkyl halides is 2. The molecule has 5 nitrogen and oxygen atoms in total. The highest BCUT2D eigenvalue weighted by Gasteiger charge is 2.22. The summed E-state index contributed by atoms with van der Waals surface area (Å²) >= 11 is 1.64. The van der Waals surface area contributed by atoms with Crippen molar-refractivity contribution in [3.8, 4) is 0 Å². The number of thioether (sulfide) groups is 1. The molecule has 1 aromatic rings. The number of hydrogen-bond donors (Lipinski definition) is 2. The first-order valence-electron chi connectivity index (χ1n) is 5.08. The Bertz CT molecular complexity index is 398. The molecule has 0 saturated carbocycles. The van der Waals surface area contributed by atoms with E-state index < -0.39 is 13.0 Å². The van der Waals surface area contributed by atoms with Gasteiger partial charge in [0.15, 0.2) is 0 Å². The number of hydrogen-bond acceptors (Lipinski definition) is 4. The standard InChI is InChI=1S/C9H12F2N4OS.ClH/c10-8(11)3-15-2-6(1-13-15)14-9(16)7-4-17-5-12-7;/h1-2,7-8,12H,3-5H2,(H,14,16);1H. The third kappa shape index (κ3) is 4.11. The van der Waals surface area contributed by atoms with E-state index in [1.165, 1.54) is 12.4 Å². The lowest BCUT2D eigenvalue weighted by Gasteiger charge is -2.08. The smallest absolute Gasteiger partial charge is 0.257 e. The van der Waals surface area contributed by atoms with Gasteiger partial charge < -0.3 is 5.32 Å². The fourth-order valence-corrected chi connectivity index (χ4v) is 2.40. The van der Waals surface area contributed by atoms with Crippen LogP contribution in [0.5, 0.6) is 0 Å². The summed E-state index contributed by atoms with van der Waals surface area (Å²) in [5, 5.41) is 9.39. The number of carbonyl (C=O) groups is 1. The van der Waals surface area contributed by atoms with Gasteiger partial charge in [-0.1, -0.05) is 0 Å². The molecule has 0 aliphatic carbocycles. The molecule has 0 radical (unpaired) electrons. The van der Waals surface area contributed by atoms with Gasteiger partial charge in [0.2, 0.25) is 5.91 Å². The number of carbonyl (C=O) groups excluding carboxylic acids is 1. The summed E-state index contributed by atoms with van der Waals surface area (Å²) in [6.07, 6.45) is 0.306. The molecule has 0 spiro atoms. The molecule has 0 bridgehead atoms. The van der Waals surface area contributed by atoms with E-state index in [1.54, 1.807) is 11.8 Å². The largest absolute Gasteiger partial charge is 0.322 e. The van der Waals surface area contributed by atoms with Crippen LogP contribution in [0.2, 0.25) is 0 Å². The van der Waals surface area contributed by atoms with Gasteiger partial charge in [-0.2, -0.15) is 5.10 Å². The lowest BCUT2D eigenvalue weighted by molar-refractivity contribution is -0.117. The molecule has 1 aliphatic heterocycles. The fourth-order valence-electron chi connectivity index (χ4n) is 1.46. The summed E-state index contributed by atoms with van der Waals surface area (Å²) in [7, 11) is 0. The molecule has 1 amide bonds. The van der Waals surface area contributed by atoms with E-state index in [0.717, 1.165) is 16.3 Å². The summed E-state index contributed by atoms with van der Waals surface area (Å²) in [5.41, 5.74) is 0.439. The Morgan fingerprint density at radius 1 is 1.72 bits per heavy atom. The summed E-state index contributed by atoms with van der Waals surface area (Å²) in [4.78, 5) is 11.7. The fraction of sp³-hybridized carbons (Fsp3) is 0.556. The lowest BCUT2D eigenvalue weighted by Crippen LogP contribution is -2.37. The number of halogens is 3. The maximum Gasteiger partial charge on any atom is 0.257 e. The molecule has 1 saturated heterocycles. The van der Waals surface area contributed by atoms with Crippen molar-refractivity contribution in [2.75, 3.05) is 16.9 Å². The van der Waals surface area contributed by atoms with E-state index in [9.17, 15) is 13.6 Å². The number of amides is 1. The van der Waals surface area contributed by atoms with Crippen molar-refractivity contribution in [2.24, 2.45) is 0 Å². The molecule has 2 heterocycles. The zero-order valence-electron chi connectivity index (χ0n) is 9.31. The summed E-state index contributed by atoms with van der Waals surface area (Å²) < 4.78 is 25.3. The summed E-state index contributed by atoms with van der Waals surface area (Å²) in [6, 6.07) is -0.224. The summed E-state index contributed by atoms with van der Waals surface area (Å²) in [5.74, 6) is 1.31. The molecule has 1 aromatic heterocycles. The monoisotopic (exact) mass is 298 g/mol. The van der Waals surface area contributed by atoms with E-state index in [-0.39, 0.29) is 24.4 Å². The van der Waals surface area contributed by atoms with Crippen LogP contribution in [-0.4, -0.2) is 39.8 Å². The second-order valence-electron chi connectivity index (χ2n) is 3.60. The van der Waals surface area contributed by atoms with Crippen molar-refractivity contribution >= 4 is 35.8 Å². The number of aromatic nitrogens is 2. The van der Waals surface area contributed by atoms with E-state index >= 15 is 0 Å². The molecule has 1 atom stereocenters. The normalized spacial score (nSPS) is 18.7. The summed E-state index contributed by atoms with van der Waals surface area (Å²) in [6.45, 7) is -0.465. The van der Waals surface area contributed by atoms with Gasteiger partial charge in [-0.25, -0.2) is 8.78 Å². The predicted octanol–water partition coefficient (Wildman–Crippen LogP) is 1.17. The third-order valence-electron chi connectivity index (χ3n) is 2.26. The predicted molar refractivity (Wildman–Crippen MR) is 68.4 cm³/mol. The molecule has 9 heteroatoms. The Morgan fingerprint density at radius 2 is 2.50 bits per heavy atom. The van der Waals surface area contributed by atoms with Gasteiger partial charge in [0.05, 0.1) is 17.9 Å². The van der Waals surface area contributed by atoms with Crippen molar-refractivity contribution in [3.05, 3.63) is 12.4 Å². The number of nitrogens with zero attached hydrogens (tertiary/aromatic N) is 2. The highest BCUT2D eigenvalue weighted by Crippen LogP contribution is 2.12. The lowest BCUT2D eigenvalue weighted by atomic mass is 10.3. The van der Waals surface area contributed by atoms with E-state index in [2.05, 4.69) is 15.7 Å². The van der Waals surface area contributed by atoms with Crippen LogP contribution in [-0.2, 0) is 11.3 Å². The first kappa shape index (κ1) is 15.2. The van der Waals surface area contributed by atoms with Gasteiger partial charge in [0.1, 0.15) is 6.54 Å². The van der Waals surface area contributed by atoms with Gasteiger partial charge >= 0.3 is 0 Å². The molecule has 2 N–H and O–H groups in total. The molecular formula is C9H13ClF2N4OS. The molecule has 1 fully saturated rings. The van der Waals surface area contributed by atoms with Crippen molar-refractivity contribution in [1.29, 1.82) is 0 Å². The zero-order chi connectivity index (χ0) is 12.3. The minimum absolute atomic E-state index is 0. The molecular weight excluding hydrogens is 286 g/mol. The van der Waals surface area contributed by atoms with Gasteiger partial charge in [0.25, 0.3) is 6.43 Å². The maximum atomic E-state index is 12.1. The van der Waals surface area contributed by atoms with Crippen molar-refractivity contribution in [3.63, 3.8) is 0 Å². The molecule has 2 rings (SSSR count). The van der Waals surface area contributed by atoms with Gasteiger partial charge in [-0.15, -0.1) is 24.2 Å². The number of rotatable bonds is 4. The van der Waals surface area contributed by atoms with Gasteiger partial charge in [0, 0.05) is 17.8 Å². The topological polar surface area (TPSA) is 59.0 Å².